The molecular formula is C15H20N8. The molecule has 0 amide bonds. The van der Waals surface area contributed by atoms with E-state index in [1.807, 2.05) is 35.7 Å². The Bertz CT molecular complexity index is 806. The Kier molecular flexibility index (Phi) is 3.44. The summed E-state index contributed by atoms with van der Waals surface area (Å²) >= 11 is 0. The van der Waals surface area contributed by atoms with Crippen molar-refractivity contribution in [3.63, 3.8) is 0 Å². The van der Waals surface area contributed by atoms with Crippen LogP contribution >= 0.6 is 0 Å². The molecule has 0 spiro atoms. The molecule has 3 aromatic rings. The quantitative estimate of drug-likeness (QED) is 0.713. The van der Waals surface area contributed by atoms with Gasteiger partial charge in [0.25, 0.3) is 0 Å². The fourth-order valence-electron chi connectivity index (χ4n) is 3.32. The Morgan fingerprint density at radius 3 is 2.91 bits per heavy atom. The molecule has 3 aromatic heterocycles. The highest BCUT2D eigenvalue weighted by Gasteiger charge is 2.22. The molecule has 23 heavy (non-hydrogen) atoms. The monoisotopic (exact) mass is 312 g/mol. The number of fused-ring (bicyclic) bond motifs is 1. The number of aromatic nitrogens is 7. The average Bonchev–Trinajstić information content (AvgIpc) is 3.12. The number of nitrogens with zero attached hydrogens (tertiary/aromatic N) is 8. The fraction of sp³-hybridized carbons (Fsp3) is 0.533. The molecule has 1 saturated heterocycles. The van der Waals surface area contributed by atoms with Gasteiger partial charge in [0.05, 0.1) is 23.8 Å². The highest BCUT2D eigenvalue weighted by atomic mass is 15.4. The molecule has 1 atom stereocenters. The standard InChI is InChI=1S/C15H20N8/c1-11-18-14-13(10-17-21(14)2)15(19-11)22-7-3-4-12(5-8-22)23-9-6-16-20-23/h6,9-10,12H,3-5,7-8H2,1-2H3. The van der Waals surface area contributed by atoms with Crippen LogP contribution in [0.2, 0.25) is 0 Å². The van der Waals surface area contributed by atoms with Crippen molar-refractivity contribution in [3.05, 3.63) is 24.4 Å². The van der Waals surface area contributed by atoms with E-state index < -0.39 is 0 Å². The summed E-state index contributed by atoms with van der Waals surface area (Å²) in [6.45, 7) is 3.88. The Labute approximate surface area is 134 Å². The van der Waals surface area contributed by atoms with E-state index >= 15 is 0 Å². The van der Waals surface area contributed by atoms with Crippen LogP contribution in [0.15, 0.2) is 18.6 Å². The minimum atomic E-state index is 0.412. The normalized spacial score (nSPS) is 19.2. The second-order valence-corrected chi connectivity index (χ2v) is 6.05. The molecule has 0 aliphatic carbocycles. The molecule has 0 bridgehead atoms. The van der Waals surface area contributed by atoms with E-state index in [1.54, 1.807) is 6.20 Å². The first-order valence-corrected chi connectivity index (χ1v) is 7.99. The minimum Gasteiger partial charge on any atom is -0.356 e. The van der Waals surface area contributed by atoms with Gasteiger partial charge >= 0.3 is 0 Å². The van der Waals surface area contributed by atoms with E-state index in [0.717, 1.165) is 55.0 Å². The second kappa shape index (κ2) is 5.60. The molecule has 0 N–H and O–H groups in total. The maximum Gasteiger partial charge on any atom is 0.163 e. The van der Waals surface area contributed by atoms with Crippen LogP contribution in [0.4, 0.5) is 5.82 Å². The smallest absolute Gasteiger partial charge is 0.163 e. The van der Waals surface area contributed by atoms with Crippen molar-refractivity contribution < 1.29 is 0 Å². The summed E-state index contributed by atoms with van der Waals surface area (Å²) in [7, 11) is 1.92. The Morgan fingerprint density at radius 2 is 2.09 bits per heavy atom. The van der Waals surface area contributed by atoms with Crippen LogP contribution in [0.5, 0.6) is 0 Å². The third kappa shape index (κ3) is 2.54. The highest BCUT2D eigenvalue weighted by Crippen LogP contribution is 2.28. The van der Waals surface area contributed by atoms with E-state index in [2.05, 4.69) is 25.3 Å². The predicted molar refractivity (Wildman–Crippen MR) is 86.2 cm³/mol. The van der Waals surface area contributed by atoms with E-state index in [-0.39, 0.29) is 0 Å². The first-order chi connectivity index (χ1) is 11.2. The van der Waals surface area contributed by atoms with Gasteiger partial charge in [-0.25, -0.2) is 14.6 Å². The summed E-state index contributed by atoms with van der Waals surface area (Å²) in [5.41, 5.74) is 0.893. The van der Waals surface area contributed by atoms with Crippen LogP contribution < -0.4 is 4.90 Å². The van der Waals surface area contributed by atoms with Crippen LogP contribution in [0, 0.1) is 6.92 Å². The van der Waals surface area contributed by atoms with Gasteiger partial charge in [0.1, 0.15) is 11.6 Å². The van der Waals surface area contributed by atoms with Gasteiger partial charge in [-0.1, -0.05) is 5.21 Å². The number of hydrogen-bond acceptors (Lipinski definition) is 6. The van der Waals surface area contributed by atoms with Crippen molar-refractivity contribution in [2.45, 2.75) is 32.2 Å². The minimum absolute atomic E-state index is 0.412. The molecule has 0 radical (unpaired) electrons. The first-order valence-electron chi connectivity index (χ1n) is 7.99. The SMILES string of the molecule is Cc1nc(N2CCCC(n3ccnn3)CC2)c2cnn(C)c2n1. The maximum absolute atomic E-state index is 4.69. The summed E-state index contributed by atoms with van der Waals surface area (Å²) in [6, 6.07) is 0.412. The summed E-state index contributed by atoms with van der Waals surface area (Å²) in [4.78, 5) is 11.6. The van der Waals surface area contributed by atoms with Gasteiger partial charge in [0.2, 0.25) is 0 Å². The van der Waals surface area contributed by atoms with Gasteiger partial charge in [-0.2, -0.15) is 5.10 Å². The Hall–Kier alpha value is -2.51. The number of anilines is 1. The van der Waals surface area contributed by atoms with Crippen LogP contribution in [-0.4, -0.2) is 47.8 Å². The van der Waals surface area contributed by atoms with Gasteiger partial charge in [0.15, 0.2) is 5.65 Å². The molecule has 0 saturated carbocycles. The molecule has 4 rings (SSSR count). The molecular weight excluding hydrogens is 292 g/mol. The van der Waals surface area contributed by atoms with Gasteiger partial charge < -0.3 is 4.90 Å². The summed E-state index contributed by atoms with van der Waals surface area (Å²) in [5, 5.41) is 13.4. The molecule has 8 heteroatoms. The molecule has 4 heterocycles. The molecule has 1 unspecified atom stereocenters. The zero-order chi connectivity index (χ0) is 15.8. The second-order valence-electron chi connectivity index (χ2n) is 6.05. The zero-order valence-corrected chi connectivity index (χ0v) is 13.4. The Morgan fingerprint density at radius 1 is 1.17 bits per heavy atom. The zero-order valence-electron chi connectivity index (χ0n) is 13.4. The van der Waals surface area contributed by atoms with E-state index in [9.17, 15) is 0 Å². The summed E-state index contributed by atoms with van der Waals surface area (Å²) in [5.74, 6) is 1.79. The van der Waals surface area contributed by atoms with E-state index in [4.69, 9.17) is 4.98 Å². The van der Waals surface area contributed by atoms with Crippen LogP contribution in [0.1, 0.15) is 31.1 Å². The van der Waals surface area contributed by atoms with Crippen molar-refractivity contribution in [1.82, 2.24) is 34.7 Å². The van der Waals surface area contributed by atoms with Crippen molar-refractivity contribution >= 4 is 16.9 Å². The van der Waals surface area contributed by atoms with Crippen molar-refractivity contribution in [2.24, 2.45) is 7.05 Å². The van der Waals surface area contributed by atoms with Gasteiger partial charge in [-0.15, -0.1) is 5.10 Å². The lowest BCUT2D eigenvalue weighted by atomic mass is 10.1. The van der Waals surface area contributed by atoms with Crippen LogP contribution in [0.3, 0.4) is 0 Å². The number of aryl methyl sites for hydroxylation is 2. The van der Waals surface area contributed by atoms with E-state index in [0.29, 0.717) is 6.04 Å². The first kappa shape index (κ1) is 14.1. The number of hydrogen-bond donors (Lipinski definition) is 0. The third-order valence-corrected chi connectivity index (χ3v) is 4.50. The van der Waals surface area contributed by atoms with Crippen LogP contribution in [-0.2, 0) is 7.05 Å². The fourth-order valence-corrected chi connectivity index (χ4v) is 3.32. The maximum atomic E-state index is 4.69. The molecule has 1 aliphatic rings. The molecule has 0 aromatic carbocycles. The van der Waals surface area contributed by atoms with Gasteiger partial charge in [0, 0.05) is 26.3 Å². The van der Waals surface area contributed by atoms with Crippen molar-refractivity contribution in [3.8, 4) is 0 Å². The van der Waals surface area contributed by atoms with Crippen molar-refractivity contribution in [2.75, 3.05) is 18.0 Å². The van der Waals surface area contributed by atoms with Gasteiger partial charge in [-0.3, -0.25) is 4.68 Å². The lowest BCUT2D eigenvalue weighted by Gasteiger charge is -2.22. The van der Waals surface area contributed by atoms with Crippen molar-refractivity contribution in [1.29, 1.82) is 0 Å². The average molecular weight is 312 g/mol. The highest BCUT2D eigenvalue weighted by molar-refractivity contribution is 5.86. The molecule has 1 fully saturated rings. The Balaban J connectivity index is 1.64. The van der Waals surface area contributed by atoms with Crippen LogP contribution in [0.25, 0.3) is 11.0 Å². The van der Waals surface area contributed by atoms with Gasteiger partial charge in [-0.05, 0) is 26.2 Å². The molecule has 120 valence electrons. The van der Waals surface area contributed by atoms with E-state index in [1.165, 1.54) is 0 Å². The topological polar surface area (TPSA) is 77.5 Å². The molecule has 8 nitrogen and oxygen atoms in total. The predicted octanol–water partition coefficient (Wildman–Crippen LogP) is 1.49. The lowest BCUT2D eigenvalue weighted by Crippen LogP contribution is -2.26. The summed E-state index contributed by atoms with van der Waals surface area (Å²) < 4.78 is 3.79. The molecule has 1 aliphatic heterocycles. The summed E-state index contributed by atoms with van der Waals surface area (Å²) in [6.07, 6.45) is 8.82. The largest absolute Gasteiger partial charge is 0.356 e. The number of rotatable bonds is 2. The third-order valence-electron chi connectivity index (χ3n) is 4.50. The lowest BCUT2D eigenvalue weighted by molar-refractivity contribution is 0.406.